The molecule has 1 aliphatic carbocycles. The molecule has 1 aliphatic rings. The van der Waals surface area contributed by atoms with Crippen molar-refractivity contribution in [2.24, 2.45) is 0 Å². The minimum Gasteiger partial charge on any atom is -0.453 e. The van der Waals surface area contributed by atoms with E-state index in [9.17, 15) is 9.18 Å². The number of nitrogens with zero attached hydrogens (tertiary/aromatic N) is 2. The number of pyridine rings is 2. The summed E-state index contributed by atoms with van der Waals surface area (Å²) in [6.07, 6.45) is 5.43. The highest BCUT2D eigenvalue weighted by atomic mass is 32.1. The molecule has 0 spiro atoms. The van der Waals surface area contributed by atoms with Gasteiger partial charge in [0.15, 0.2) is 11.6 Å². The number of thiophene rings is 1. The fourth-order valence-electron chi connectivity index (χ4n) is 3.78. The first kappa shape index (κ1) is 26.9. The number of amides is 2. The molecular weight excluding hydrogens is 521 g/mol. The molecule has 0 unspecified atom stereocenters. The zero-order valence-electron chi connectivity index (χ0n) is 21.5. The van der Waals surface area contributed by atoms with E-state index in [-0.39, 0.29) is 17.8 Å². The molecule has 1 aromatic carbocycles. The van der Waals surface area contributed by atoms with Crippen LogP contribution in [-0.2, 0) is 16.0 Å². The maximum Gasteiger partial charge on any atom is 0.319 e. The van der Waals surface area contributed by atoms with Crippen LogP contribution in [0.4, 0.5) is 14.9 Å². The lowest BCUT2D eigenvalue weighted by Crippen LogP contribution is -2.30. The molecule has 3 heterocycles. The van der Waals surface area contributed by atoms with Gasteiger partial charge in [-0.1, -0.05) is 6.07 Å². The van der Waals surface area contributed by atoms with Gasteiger partial charge in [0.2, 0.25) is 0 Å². The highest BCUT2D eigenvalue weighted by molar-refractivity contribution is 7.22. The Kier molecular flexibility index (Phi) is 8.94. The minimum atomic E-state index is -0.576. The first-order valence-electron chi connectivity index (χ1n) is 12.8. The van der Waals surface area contributed by atoms with Crippen LogP contribution in [0.1, 0.15) is 18.4 Å². The lowest BCUT2D eigenvalue weighted by atomic mass is 10.2. The van der Waals surface area contributed by atoms with Crippen molar-refractivity contribution in [3.63, 3.8) is 0 Å². The van der Waals surface area contributed by atoms with Crippen molar-refractivity contribution in [2.75, 3.05) is 38.8 Å². The van der Waals surface area contributed by atoms with Crippen LogP contribution < -0.4 is 20.7 Å². The third-order valence-electron chi connectivity index (χ3n) is 5.96. The quantitative estimate of drug-likeness (QED) is 0.193. The van der Waals surface area contributed by atoms with Crippen molar-refractivity contribution in [3.8, 4) is 22.1 Å². The molecule has 11 heteroatoms. The molecule has 4 aromatic rings. The van der Waals surface area contributed by atoms with E-state index in [1.807, 2.05) is 24.4 Å². The van der Waals surface area contributed by atoms with Crippen LogP contribution in [-0.4, -0.2) is 55.5 Å². The Hall–Kier alpha value is -3.64. The van der Waals surface area contributed by atoms with Crippen molar-refractivity contribution in [1.29, 1.82) is 0 Å². The van der Waals surface area contributed by atoms with Crippen LogP contribution in [0.5, 0.6) is 11.5 Å². The third kappa shape index (κ3) is 7.48. The second kappa shape index (κ2) is 12.9. The summed E-state index contributed by atoms with van der Waals surface area (Å²) in [5.74, 6) is -0.0195. The van der Waals surface area contributed by atoms with E-state index < -0.39 is 5.82 Å². The number of fused-ring (bicyclic) bond motifs is 1. The Morgan fingerprint density at radius 2 is 1.97 bits per heavy atom. The lowest BCUT2D eigenvalue weighted by Gasteiger charge is -2.10. The Morgan fingerprint density at radius 1 is 1.08 bits per heavy atom. The van der Waals surface area contributed by atoms with E-state index in [0.29, 0.717) is 37.8 Å². The molecule has 1 saturated carbocycles. The Balaban J connectivity index is 1.21. The van der Waals surface area contributed by atoms with Crippen molar-refractivity contribution in [3.05, 3.63) is 66.2 Å². The molecular formula is C28H30FN5O4S. The second-order valence-corrected chi connectivity index (χ2v) is 10.1. The number of ether oxygens (including phenoxy) is 3. The molecule has 3 N–H and O–H groups in total. The molecule has 0 atom stereocenters. The molecule has 2 amide bonds. The predicted molar refractivity (Wildman–Crippen MR) is 149 cm³/mol. The molecule has 39 heavy (non-hydrogen) atoms. The molecule has 1 fully saturated rings. The molecule has 5 rings (SSSR count). The fourth-order valence-corrected chi connectivity index (χ4v) is 4.82. The molecule has 3 aromatic heterocycles. The maximum absolute atomic E-state index is 14.8. The van der Waals surface area contributed by atoms with Crippen molar-refractivity contribution < 1.29 is 23.4 Å². The van der Waals surface area contributed by atoms with Gasteiger partial charge in [0.05, 0.1) is 40.6 Å². The van der Waals surface area contributed by atoms with Gasteiger partial charge in [-0.2, -0.15) is 0 Å². The number of urea groups is 1. The minimum absolute atomic E-state index is 0.0599. The fraction of sp³-hybridized carbons (Fsp3) is 0.321. The van der Waals surface area contributed by atoms with Gasteiger partial charge in [-0.25, -0.2) is 9.18 Å². The van der Waals surface area contributed by atoms with Crippen LogP contribution in [0.3, 0.4) is 0 Å². The highest BCUT2D eigenvalue weighted by Crippen LogP contribution is 2.39. The van der Waals surface area contributed by atoms with E-state index in [1.54, 1.807) is 25.4 Å². The number of rotatable bonds is 13. The smallest absolute Gasteiger partial charge is 0.319 e. The zero-order chi connectivity index (χ0) is 27.0. The summed E-state index contributed by atoms with van der Waals surface area (Å²) in [7, 11) is 1.65. The van der Waals surface area contributed by atoms with Crippen molar-refractivity contribution >= 4 is 33.3 Å². The van der Waals surface area contributed by atoms with E-state index in [0.717, 1.165) is 45.7 Å². The van der Waals surface area contributed by atoms with Crippen LogP contribution in [0.15, 0.2) is 54.9 Å². The highest BCUT2D eigenvalue weighted by Gasteiger charge is 2.23. The standard InChI is InChI=1S/C28H30FN5O4S/c1-36-12-13-37-11-10-30-16-18-2-6-22(32-17-18)26-15-23-27(39-26)25(8-9-31-23)38-24-7-5-20(14-21(24)29)34-28(35)33-19-3-4-19/h2,5-9,14-15,17,19,30H,3-4,10-13,16H2,1H3,(H2,33,34,35). The number of methoxy groups -OCH3 is 1. The maximum atomic E-state index is 14.8. The summed E-state index contributed by atoms with van der Waals surface area (Å²) in [5.41, 5.74) is 2.99. The number of halogens is 1. The average molecular weight is 552 g/mol. The Bertz CT molecular complexity index is 1410. The molecule has 9 nitrogen and oxygen atoms in total. The van der Waals surface area contributed by atoms with Gasteiger partial charge in [-0.3, -0.25) is 9.97 Å². The molecule has 0 saturated heterocycles. The van der Waals surface area contributed by atoms with Gasteiger partial charge >= 0.3 is 6.03 Å². The largest absolute Gasteiger partial charge is 0.453 e. The van der Waals surface area contributed by atoms with Gasteiger partial charge in [-0.15, -0.1) is 11.3 Å². The van der Waals surface area contributed by atoms with Gasteiger partial charge in [-0.05, 0) is 42.7 Å². The number of aromatic nitrogens is 2. The van der Waals surface area contributed by atoms with Crippen LogP contribution in [0.25, 0.3) is 20.8 Å². The summed E-state index contributed by atoms with van der Waals surface area (Å²) >= 11 is 1.48. The van der Waals surface area contributed by atoms with E-state index >= 15 is 0 Å². The summed E-state index contributed by atoms with van der Waals surface area (Å²) in [6, 6.07) is 11.9. The molecule has 0 aliphatic heterocycles. The number of hydrogen-bond donors (Lipinski definition) is 3. The summed E-state index contributed by atoms with van der Waals surface area (Å²) in [6.45, 7) is 3.24. The molecule has 204 valence electrons. The van der Waals surface area contributed by atoms with Gasteiger partial charge in [0.25, 0.3) is 0 Å². The topological polar surface area (TPSA) is 107 Å². The van der Waals surface area contributed by atoms with Crippen molar-refractivity contribution in [1.82, 2.24) is 20.6 Å². The second-order valence-electron chi connectivity index (χ2n) is 9.09. The Labute approximate surface area is 229 Å². The van der Waals surface area contributed by atoms with E-state index in [2.05, 4.69) is 25.9 Å². The van der Waals surface area contributed by atoms with Crippen LogP contribution in [0, 0.1) is 5.82 Å². The average Bonchev–Trinajstić information content (AvgIpc) is 3.63. The predicted octanol–water partition coefficient (Wildman–Crippen LogP) is 5.33. The summed E-state index contributed by atoms with van der Waals surface area (Å²) in [4.78, 5) is 21.9. The summed E-state index contributed by atoms with van der Waals surface area (Å²) in [5, 5.41) is 8.79. The SMILES string of the molecule is COCCOCCNCc1ccc(-c2cc3nccc(Oc4ccc(NC(=O)NC5CC5)cc4F)c3s2)nc1. The monoisotopic (exact) mass is 551 g/mol. The van der Waals surface area contributed by atoms with Crippen molar-refractivity contribution in [2.45, 2.75) is 25.4 Å². The first-order chi connectivity index (χ1) is 19.1. The number of hydrogen-bond acceptors (Lipinski definition) is 8. The van der Waals surface area contributed by atoms with E-state index in [1.165, 1.54) is 23.5 Å². The number of carbonyl (C=O) groups is 1. The lowest BCUT2D eigenvalue weighted by molar-refractivity contribution is 0.0719. The molecule has 0 bridgehead atoms. The first-order valence-corrected chi connectivity index (χ1v) is 13.6. The van der Waals surface area contributed by atoms with Gasteiger partial charge in [0.1, 0.15) is 5.75 Å². The number of anilines is 1. The molecule has 0 radical (unpaired) electrons. The van der Waals surface area contributed by atoms with Crippen LogP contribution >= 0.6 is 11.3 Å². The number of benzene rings is 1. The zero-order valence-corrected chi connectivity index (χ0v) is 22.4. The number of nitrogens with one attached hydrogen (secondary N) is 3. The third-order valence-corrected chi connectivity index (χ3v) is 7.12. The van der Waals surface area contributed by atoms with E-state index in [4.69, 9.17) is 14.2 Å². The van der Waals surface area contributed by atoms with Gasteiger partial charge < -0.3 is 30.2 Å². The number of carbonyl (C=O) groups excluding carboxylic acids is 1. The normalized spacial score (nSPS) is 13.0. The van der Waals surface area contributed by atoms with Gasteiger partial charge in [0, 0.05) is 56.5 Å². The Morgan fingerprint density at radius 3 is 2.74 bits per heavy atom. The van der Waals surface area contributed by atoms with Crippen LogP contribution in [0.2, 0.25) is 0 Å². The summed E-state index contributed by atoms with van der Waals surface area (Å²) < 4.78 is 31.9.